The average Bonchev–Trinajstić information content (AvgIpc) is 2.73. The minimum atomic E-state index is -1.01. The second-order valence-electron chi connectivity index (χ2n) is 8.08. The Balaban J connectivity index is 2.34. The molecule has 0 unspecified atom stereocenters. The predicted octanol–water partition coefficient (Wildman–Crippen LogP) is 4.72. The van der Waals surface area contributed by atoms with Gasteiger partial charge in [-0.1, -0.05) is 17.7 Å². The van der Waals surface area contributed by atoms with E-state index < -0.39 is 7.26 Å². The first-order valence-corrected chi connectivity index (χ1v) is 10.9. The van der Waals surface area contributed by atoms with Crippen molar-refractivity contribution >= 4 is 7.26 Å². The second kappa shape index (κ2) is 5.81. The summed E-state index contributed by atoms with van der Waals surface area (Å²) in [6, 6.07) is 4.53. The van der Waals surface area contributed by atoms with Gasteiger partial charge < -0.3 is 0 Å². The van der Waals surface area contributed by atoms with Crippen molar-refractivity contribution < 1.29 is 4.57 Å². The van der Waals surface area contributed by atoms with Gasteiger partial charge in [-0.2, -0.15) is 0 Å². The smallest absolute Gasteiger partial charge is 0.203 e. The molecule has 0 fully saturated rings. The van der Waals surface area contributed by atoms with Crippen molar-refractivity contribution in [2.24, 2.45) is 0 Å². The molecule has 0 saturated carbocycles. The van der Waals surface area contributed by atoms with E-state index in [0.29, 0.717) is 5.16 Å². The molecule has 1 aromatic carbocycles. The Morgan fingerprint density at radius 1 is 1.05 bits per heavy atom. The molecule has 0 atom stereocenters. The molecule has 0 bridgehead atoms. The van der Waals surface area contributed by atoms with Gasteiger partial charge in [0.15, 0.2) is 6.29 Å². The van der Waals surface area contributed by atoms with E-state index in [1.54, 1.807) is 0 Å². The summed E-state index contributed by atoms with van der Waals surface area (Å²) < 4.78 is 4.63. The normalized spacial score (nSPS) is 12.7. The number of hydrogen-bond acceptors (Lipinski definition) is 0. The third-order valence-corrected chi connectivity index (χ3v) is 9.58. The highest BCUT2D eigenvalue weighted by Gasteiger charge is 2.42. The van der Waals surface area contributed by atoms with Crippen LogP contribution in [0.15, 0.2) is 30.9 Å². The van der Waals surface area contributed by atoms with Crippen LogP contribution >= 0.6 is 7.26 Å². The van der Waals surface area contributed by atoms with Crippen LogP contribution in [0.2, 0.25) is 0 Å². The van der Waals surface area contributed by atoms with Crippen molar-refractivity contribution in [2.45, 2.75) is 53.0 Å². The summed E-state index contributed by atoms with van der Waals surface area (Å²) in [5, 5.41) is 0.387. The van der Waals surface area contributed by atoms with Crippen LogP contribution in [0.3, 0.4) is 0 Å². The summed E-state index contributed by atoms with van der Waals surface area (Å²) in [5.74, 6) is 0. The fraction of sp³-hybridized carbons (Fsp3) is 0.526. The Bertz CT molecular complexity index is 652. The van der Waals surface area contributed by atoms with Crippen LogP contribution in [-0.2, 0) is 6.29 Å². The first kappa shape index (κ1) is 17.2. The quantitative estimate of drug-likeness (QED) is 0.572. The summed E-state index contributed by atoms with van der Waals surface area (Å²) in [7, 11) is -1.01. The van der Waals surface area contributed by atoms with Crippen LogP contribution in [0.4, 0.5) is 0 Å². The van der Waals surface area contributed by atoms with Gasteiger partial charge in [0.2, 0.25) is 0 Å². The molecule has 1 heterocycles. The molecule has 1 aromatic heterocycles. The second-order valence-corrected chi connectivity index (χ2v) is 13.1. The molecule has 2 nitrogen and oxygen atoms in total. The van der Waals surface area contributed by atoms with Crippen LogP contribution in [0, 0.1) is 20.8 Å². The lowest BCUT2D eigenvalue weighted by molar-refractivity contribution is -0.677. The fourth-order valence-electron chi connectivity index (χ4n) is 2.81. The standard InChI is InChI=1S/C19H31N2P/c1-15-11-16(2)18(17(3)12-15)21-10-9-20(13-21)14-22(7,8)19(4,5)6/h9-13H,14H2,1-8H3/q+2. The van der Waals surface area contributed by atoms with Crippen LogP contribution in [0.5, 0.6) is 0 Å². The van der Waals surface area contributed by atoms with E-state index in [2.05, 4.69) is 94.9 Å². The maximum Gasteiger partial charge on any atom is 0.251 e. The van der Waals surface area contributed by atoms with Gasteiger partial charge in [-0.15, -0.1) is 0 Å². The zero-order chi connectivity index (χ0) is 16.7. The van der Waals surface area contributed by atoms with Crippen molar-refractivity contribution in [1.82, 2.24) is 4.57 Å². The topological polar surface area (TPSA) is 8.81 Å². The van der Waals surface area contributed by atoms with Gasteiger partial charge in [0.1, 0.15) is 18.1 Å². The third kappa shape index (κ3) is 3.43. The Hall–Kier alpha value is -1.14. The van der Waals surface area contributed by atoms with E-state index in [-0.39, 0.29) is 0 Å². The van der Waals surface area contributed by atoms with Gasteiger partial charge in [-0.3, -0.25) is 0 Å². The van der Waals surface area contributed by atoms with Gasteiger partial charge in [-0.25, -0.2) is 9.13 Å². The Labute approximate surface area is 136 Å². The molecule has 0 radical (unpaired) electrons. The number of imidazole rings is 1. The molecule has 3 heteroatoms. The lowest BCUT2D eigenvalue weighted by atomic mass is 10.1. The van der Waals surface area contributed by atoms with Gasteiger partial charge in [0.25, 0.3) is 6.33 Å². The number of nitrogens with zero attached hydrogens (tertiary/aromatic N) is 2. The number of rotatable bonds is 3. The van der Waals surface area contributed by atoms with E-state index in [1.807, 2.05) is 0 Å². The monoisotopic (exact) mass is 318 g/mol. The minimum Gasteiger partial charge on any atom is -0.203 e. The zero-order valence-electron chi connectivity index (χ0n) is 15.4. The summed E-state index contributed by atoms with van der Waals surface area (Å²) in [5.41, 5.74) is 5.32. The van der Waals surface area contributed by atoms with Gasteiger partial charge >= 0.3 is 0 Å². The SMILES string of the molecule is Cc1cc(C)c(-n2cc[n+](C[P+](C)(C)C(C)(C)C)c2)c(C)c1. The van der Waals surface area contributed by atoms with Gasteiger partial charge in [0, 0.05) is 0 Å². The predicted molar refractivity (Wildman–Crippen MR) is 98.7 cm³/mol. The molecule has 0 amide bonds. The van der Waals surface area contributed by atoms with Crippen molar-refractivity contribution in [2.75, 3.05) is 13.3 Å². The molecule has 0 aliphatic carbocycles. The molecule has 0 aliphatic heterocycles. The van der Waals surface area contributed by atoms with Crippen molar-refractivity contribution in [3.05, 3.63) is 47.5 Å². The van der Waals surface area contributed by atoms with Crippen LogP contribution in [-0.4, -0.2) is 23.1 Å². The summed E-state index contributed by atoms with van der Waals surface area (Å²) in [4.78, 5) is 0. The molecule has 120 valence electrons. The van der Waals surface area contributed by atoms with E-state index in [4.69, 9.17) is 0 Å². The average molecular weight is 318 g/mol. The third-order valence-electron chi connectivity index (χ3n) is 4.92. The largest absolute Gasteiger partial charge is 0.251 e. The minimum absolute atomic E-state index is 0.387. The molecule has 0 saturated heterocycles. The van der Waals surface area contributed by atoms with Gasteiger partial charge in [0.05, 0.1) is 25.7 Å². The fourth-order valence-corrected chi connectivity index (χ4v) is 4.22. The van der Waals surface area contributed by atoms with Crippen molar-refractivity contribution in [1.29, 1.82) is 0 Å². The molecule has 0 aliphatic rings. The van der Waals surface area contributed by atoms with Crippen molar-refractivity contribution in [3.63, 3.8) is 0 Å². The van der Waals surface area contributed by atoms with E-state index in [0.717, 1.165) is 6.29 Å². The number of hydrogen-bond donors (Lipinski definition) is 0. The summed E-state index contributed by atoms with van der Waals surface area (Å²) >= 11 is 0. The zero-order valence-corrected chi connectivity index (χ0v) is 16.3. The number of benzene rings is 1. The Morgan fingerprint density at radius 3 is 2.09 bits per heavy atom. The highest BCUT2D eigenvalue weighted by atomic mass is 31.2. The number of aromatic nitrogens is 2. The number of aryl methyl sites for hydroxylation is 3. The molecular weight excluding hydrogens is 287 g/mol. The first-order valence-electron chi connectivity index (χ1n) is 7.99. The highest BCUT2D eigenvalue weighted by Crippen LogP contribution is 2.62. The molecule has 0 spiro atoms. The van der Waals surface area contributed by atoms with E-state index in [9.17, 15) is 0 Å². The maximum absolute atomic E-state index is 2.46. The van der Waals surface area contributed by atoms with E-state index in [1.165, 1.54) is 22.4 Å². The molecular formula is C19H31N2P+2. The first-order chi connectivity index (χ1) is 10.0. The highest BCUT2D eigenvalue weighted by molar-refractivity contribution is 7.74. The Kier molecular flexibility index (Phi) is 4.55. The van der Waals surface area contributed by atoms with E-state index >= 15 is 0 Å². The maximum atomic E-state index is 2.46. The van der Waals surface area contributed by atoms with Crippen LogP contribution in [0.1, 0.15) is 37.5 Å². The molecule has 2 aromatic rings. The van der Waals surface area contributed by atoms with Crippen molar-refractivity contribution in [3.8, 4) is 5.69 Å². The summed E-state index contributed by atoms with van der Waals surface area (Å²) in [6.07, 6.45) is 7.78. The Morgan fingerprint density at radius 2 is 1.59 bits per heavy atom. The molecule has 22 heavy (non-hydrogen) atoms. The summed E-state index contributed by atoms with van der Waals surface area (Å²) in [6.45, 7) is 18.6. The van der Waals surface area contributed by atoms with Crippen LogP contribution in [0.25, 0.3) is 5.69 Å². The lowest BCUT2D eigenvalue weighted by Gasteiger charge is -2.29. The van der Waals surface area contributed by atoms with Crippen LogP contribution < -0.4 is 4.57 Å². The lowest BCUT2D eigenvalue weighted by Crippen LogP contribution is -2.36. The van der Waals surface area contributed by atoms with Gasteiger partial charge in [-0.05, 0) is 52.7 Å². The molecule has 0 N–H and O–H groups in total. The molecule has 2 rings (SSSR count).